The van der Waals surface area contributed by atoms with Crippen LogP contribution in [-0.4, -0.2) is 41.0 Å². The van der Waals surface area contributed by atoms with Crippen molar-refractivity contribution in [1.29, 1.82) is 0 Å². The van der Waals surface area contributed by atoms with E-state index in [-0.39, 0.29) is 11.3 Å². The maximum Gasteiger partial charge on any atom is 0.325 e. The van der Waals surface area contributed by atoms with Crippen molar-refractivity contribution in [3.63, 3.8) is 0 Å². The third kappa shape index (κ3) is 4.46. The van der Waals surface area contributed by atoms with Gasteiger partial charge in [0.15, 0.2) is 0 Å². The van der Waals surface area contributed by atoms with Crippen molar-refractivity contribution in [2.75, 3.05) is 18.0 Å². The number of carbonyl (C=O) groups excluding carboxylic acids is 1. The fourth-order valence-corrected chi connectivity index (χ4v) is 3.28. The van der Waals surface area contributed by atoms with Gasteiger partial charge in [-0.25, -0.2) is 0 Å². The van der Waals surface area contributed by atoms with Gasteiger partial charge in [-0.05, 0) is 37.3 Å². The molecule has 0 radical (unpaired) electrons. The van der Waals surface area contributed by atoms with Crippen LogP contribution in [0.1, 0.15) is 37.6 Å². The summed E-state index contributed by atoms with van der Waals surface area (Å²) in [5, 5.41) is 22.6. The molecular formula is C17H23N3O5. The minimum atomic E-state index is -1.17. The first-order valence-corrected chi connectivity index (χ1v) is 8.26. The summed E-state index contributed by atoms with van der Waals surface area (Å²) in [5.74, 6) is -0.953. The molecule has 1 heterocycles. The fourth-order valence-electron chi connectivity index (χ4n) is 3.28. The molecule has 8 nitrogen and oxygen atoms in total. The van der Waals surface area contributed by atoms with Crippen molar-refractivity contribution in [3.05, 3.63) is 33.9 Å². The Morgan fingerprint density at radius 2 is 1.92 bits per heavy atom. The molecule has 0 saturated carbocycles. The van der Waals surface area contributed by atoms with Gasteiger partial charge >= 0.3 is 5.97 Å². The van der Waals surface area contributed by atoms with E-state index in [1.54, 1.807) is 6.07 Å². The highest BCUT2D eigenvalue weighted by atomic mass is 16.6. The van der Waals surface area contributed by atoms with Gasteiger partial charge in [-0.1, -0.05) is 13.8 Å². The van der Waals surface area contributed by atoms with Crippen LogP contribution in [-0.2, 0) is 4.79 Å². The fraction of sp³-hybridized carbons (Fsp3) is 0.529. The summed E-state index contributed by atoms with van der Waals surface area (Å²) >= 11 is 0. The predicted octanol–water partition coefficient (Wildman–Crippen LogP) is 2.28. The molecule has 0 bridgehead atoms. The highest BCUT2D eigenvalue weighted by molar-refractivity contribution is 5.97. The topological polar surface area (TPSA) is 113 Å². The number of anilines is 1. The number of hydrogen-bond donors (Lipinski definition) is 2. The van der Waals surface area contributed by atoms with Crippen molar-refractivity contribution in [2.24, 2.45) is 11.8 Å². The third-order valence-corrected chi connectivity index (χ3v) is 4.36. The lowest BCUT2D eigenvalue weighted by molar-refractivity contribution is -0.384. The summed E-state index contributed by atoms with van der Waals surface area (Å²) in [4.78, 5) is 35.9. The SMILES string of the molecule is CC1CC(C)CN(c2ccc(C(=O)NC(C)C(=O)O)cc2[N+](=O)[O-])C1. The zero-order valence-electron chi connectivity index (χ0n) is 14.6. The zero-order valence-corrected chi connectivity index (χ0v) is 14.6. The molecule has 1 aliphatic rings. The van der Waals surface area contributed by atoms with E-state index in [2.05, 4.69) is 19.2 Å². The number of carboxylic acid groups (broad SMARTS) is 1. The molecule has 1 fully saturated rings. The van der Waals surface area contributed by atoms with E-state index >= 15 is 0 Å². The van der Waals surface area contributed by atoms with Crippen LogP contribution in [0, 0.1) is 22.0 Å². The van der Waals surface area contributed by atoms with Gasteiger partial charge < -0.3 is 15.3 Å². The van der Waals surface area contributed by atoms with Crippen LogP contribution in [0.3, 0.4) is 0 Å². The second-order valence-corrected chi connectivity index (χ2v) is 6.85. The number of amides is 1. The summed E-state index contributed by atoms with van der Waals surface area (Å²) in [6, 6.07) is 3.21. The van der Waals surface area contributed by atoms with Gasteiger partial charge in [-0.15, -0.1) is 0 Å². The Bertz CT molecular complexity index is 681. The van der Waals surface area contributed by atoms with Crippen molar-refractivity contribution < 1.29 is 19.6 Å². The van der Waals surface area contributed by atoms with Crippen LogP contribution in [0.5, 0.6) is 0 Å². The first-order chi connectivity index (χ1) is 11.7. The zero-order chi connectivity index (χ0) is 18.7. The van der Waals surface area contributed by atoms with Crippen molar-refractivity contribution in [3.8, 4) is 0 Å². The molecule has 1 aliphatic heterocycles. The first-order valence-electron chi connectivity index (χ1n) is 8.26. The second-order valence-electron chi connectivity index (χ2n) is 6.85. The van der Waals surface area contributed by atoms with Gasteiger partial charge in [0, 0.05) is 24.7 Å². The monoisotopic (exact) mass is 349 g/mol. The molecule has 3 unspecified atom stereocenters. The molecule has 25 heavy (non-hydrogen) atoms. The smallest absolute Gasteiger partial charge is 0.325 e. The average Bonchev–Trinajstić information content (AvgIpc) is 2.53. The van der Waals surface area contributed by atoms with Crippen molar-refractivity contribution in [2.45, 2.75) is 33.2 Å². The number of nitrogens with zero attached hydrogens (tertiary/aromatic N) is 2. The maximum atomic E-state index is 12.1. The van der Waals surface area contributed by atoms with Crippen LogP contribution < -0.4 is 10.2 Å². The molecule has 0 aliphatic carbocycles. The van der Waals surface area contributed by atoms with Gasteiger partial charge in [0.2, 0.25) is 0 Å². The van der Waals surface area contributed by atoms with Crippen LogP contribution in [0.15, 0.2) is 18.2 Å². The Morgan fingerprint density at radius 3 is 2.44 bits per heavy atom. The van der Waals surface area contributed by atoms with Crippen LogP contribution in [0.25, 0.3) is 0 Å². The summed E-state index contributed by atoms with van der Waals surface area (Å²) in [6.45, 7) is 7.02. The van der Waals surface area contributed by atoms with Crippen molar-refractivity contribution in [1.82, 2.24) is 5.32 Å². The quantitative estimate of drug-likeness (QED) is 0.623. The standard InChI is InChI=1S/C17H23N3O5/c1-10-6-11(2)9-19(8-10)14-5-4-13(7-15(14)20(24)25)16(21)18-12(3)17(22)23/h4-5,7,10-12H,6,8-9H2,1-3H3,(H,18,21)(H,22,23). The highest BCUT2D eigenvalue weighted by Crippen LogP contribution is 2.33. The highest BCUT2D eigenvalue weighted by Gasteiger charge is 2.28. The normalized spacial score (nSPS) is 21.5. The number of nitro benzene ring substituents is 1. The second kappa shape index (κ2) is 7.50. The minimum absolute atomic E-state index is 0.0710. The number of nitro groups is 1. The largest absolute Gasteiger partial charge is 0.480 e. The van der Waals surface area contributed by atoms with Crippen LogP contribution in [0.2, 0.25) is 0 Å². The minimum Gasteiger partial charge on any atom is -0.480 e. The Balaban J connectivity index is 2.30. The molecule has 3 atom stereocenters. The Hall–Kier alpha value is -2.64. The van der Waals surface area contributed by atoms with Gasteiger partial charge in [0.25, 0.3) is 11.6 Å². The van der Waals surface area contributed by atoms with E-state index in [0.717, 1.165) is 19.5 Å². The summed E-state index contributed by atoms with van der Waals surface area (Å²) < 4.78 is 0. The number of benzene rings is 1. The van der Waals surface area contributed by atoms with E-state index < -0.39 is 22.8 Å². The summed E-state index contributed by atoms with van der Waals surface area (Å²) in [5.41, 5.74) is 0.421. The molecule has 2 N–H and O–H groups in total. The van der Waals surface area contributed by atoms with Crippen LogP contribution >= 0.6 is 0 Å². The summed E-state index contributed by atoms with van der Waals surface area (Å²) in [6.07, 6.45) is 1.08. The Kier molecular flexibility index (Phi) is 5.61. The van der Waals surface area contributed by atoms with Gasteiger partial charge in [0.05, 0.1) is 4.92 Å². The predicted molar refractivity (Wildman–Crippen MR) is 92.8 cm³/mol. The molecular weight excluding hydrogens is 326 g/mol. The molecule has 0 spiro atoms. The molecule has 1 saturated heterocycles. The number of hydrogen-bond acceptors (Lipinski definition) is 5. The molecule has 8 heteroatoms. The lowest BCUT2D eigenvalue weighted by Crippen LogP contribution is -2.39. The third-order valence-electron chi connectivity index (χ3n) is 4.36. The maximum absolute atomic E-state index is 12.1. The Labute approximate surface area is 146 Å². The molecule has 2 rings (SSSR count). The average molecular weight is 349 g/mol. The number of nitrogens with one attached hydrogen (secondary N) is 1. The molecule has 0 aromatic heterocycles. The van der Waals surface area contributed by atoms with E-state index in [9.17, 15) is 19.7 Å². The first kappa shape index (κ1) is 18.7. The Morgan fingerprint density at radius 1 is 1.32 bits per heavy atom. The van der Waals surface area contributed by atoms with Crippen molar-refractivity contribution >= 4 is 23.3 Å². The number of aliphatic carboxylic acids is 1. The van der Waals surface area contributed by atoms with Crippen LogP contribution in [0.4, 0.5) is 11.4 Å². The van der Waals surface area contributed by atoms with E-state index in [1.807, 2.05) is 4.90 Å². The van der Waals surface area contributed by atoms with Gasteiger partial charge in [0.1, 0.15) is 11.7 Å². The number of piperidine rings is 1. The number of carboxylic acids is 1. The molecule has 1 aromatic rings. The lowest BCUT2D eigenvalue weighted by Gasteiger charge is -2.36. The van der Waals surface area contributed by atoms with E-state index in [1.165, 1.54) is 19.1 Å². The molecule has 136 valence electrons. The van der Waals surface area contributed by atoms with E-state index in [0.29, 0.717) is 17.5 Å². The number of carbonyl (C=O) groups is 2. The molecule has 1 amide bonds. The van der Waals surface area contributed by atoms with E-state index in [4.69, 9.17) is 5.11 Å². The van der Waals surface area contributed by atoms with Gasteiger partial charge in [-0.3, -0.25) is 19.7 Å². The lowest BCUT2D eigenvalue weighted by atomic mass is 9.91. The number of rotatable bonds is 5. The summed E-state index contributed by atoms with van der Waals surface area (Å²) in [7, 11) is 0. The molecule has 1 aromatic carbocycles. The van der Waals surface area contributed by atoms with Gasteiger partial charge in [-0.2, -0.15) is 0 Å².